The van der Waals surface area contributed by atoms with E-state index >= 15 is 0 Å². The number of amides is 1. The number of aliphatic hydroxyl groups is 1. The van der Waals surface area contributed by atoms with Crippen LogP contribution in [0.1, 0.15) is 31.4 Å². The zero-order valence-corrected chi connectivity index (χ0v) is 11.5. The number of nitrogens with one attached hydrogen (secondary N) is 1. The smallest absolute Gasteiger partial charge is 0.224 e. The Morgan fingerprint density at radius 2 is 2.37 bits per heavy atom. The number of pyridine rings is 1. The van der Waals surface area contributed by atoms with E-state index in [4.69, 9.17) is 0 Å². The Balaban J connectivity index is 2.06. The summed E-state index contributed by atoms with van der Waals surface area (Å²) in [6.07, 6.45) is 3.13. The summed E-state index contributed by atoms with van der Waals surface area (Å²) in [5.41, 5.74) is 0.809. The summed E-state index contributed by atoms with van der Waals surface area (Å²) in [6.45, 7) is 3.36. The molecule has 0 radical (unpaired) electrons. The molecule has 2 N–H and O–H groups in total. The van der Waals surface area contributed by atoms with Crippen molar-refractivity contribution in [2.75, 3.05) is 25.0 Å². The van der Waals surface area contributed by atoms with Crippen LogP contribution < -0.4 is 10.2 Å². The first-order valence-corrected chi connectivity index (χ1v) is 6.72. The molecule has 2 heterocycles. The molecule has 1 aliphatic heterocycles. The second kappa shape index (κ2) is 6.02. The Morgan fingerprint density at radius 1 is 1.58 bits per heavy atom. The molecule has 2 rings (SSSR count). The molecule has 104 valence electrons. The van der Waals surface area contributed by atoms with Crippen LogP contribution in [0.15, 0.2) is 18.3 Å². The molecule has 1 aliphatic rings. The van der Waals surface area contributed by atoms with Crippen molar-refractivity contribution in [3.8, 4) is 0 Å². The molecule has 0 saturated carbocycles. The van der Waals surface area contributed by atoms with Crippen LogP contribution in [0.5, 0.6) is 0 Å². The van der Waals surface area contributed by atoms with Crippen molar-refractivity contribution in [3.05, 3.63) is 23.9 Å². The lowest BCUT2D eigenvalue weighted by atomic mass is 9.97. The lowest BCUT2D eigenvalue weighted by molar-refractivity contribution is -0.124. The van der Waals surface area contributed by atoms with Gasteiger partial charge in [0.1, 0.15) is 5.82 Å². The standard InChI is InChI=1S/C14H21N3O2/c1-10(18)11-5-6-13(16-8-11)17-7-3-4-12(9-17)14(19)15-2/h5-6,8,10,12,18H,3-4,7,9H2,1-2H3,(H,15,19)/t10-,12?/m0/s1. The number of aliphatic hydroxyl groups excluding tert-OH is 1. The van der Waals surface area contributed by atoms with Crippen LogP contribution in [0.3, 0.4) is 0 Å². The van der Waals surface area contributed by atoms with E-state index in [1.807, 2.05) is 12.1 Å². The van der Waals surface area contributed by atoms with E-state index in [1.54, 1.807) is 20.2 Å². The van der Waals surface area contributed by atoms with Gasteiger partial charge < -0.3 is 15.3 Å². The summed E-state index contributed by atoms with van der Waals surface area (Å²) >= 11 is 0. The SMILES string of the molecule is CNC(=O)C1CCCN(c2ccc([C@H](C)O)cn2)C1. The topological polar surface area (TPSA) is 65.5 Å². The average molecular weight is 263 g/mol. The zero-order valence-electron chi connectivity index (χ0n) is 11.5. The van der Waals surface area contributed by atoms with Gasteiger partial charge in [0, 0.05) is 26.3 Å². The van der Waals surface area contributed by atoms with Gasteiger partial charge in [-0.2, -0.15) is 0 Å². The van der Waals surface area contributed by atoms with Crippen molar-refractivity contribution in [3.63, 3.8) is 0 Å². The fraction of sp³-hybridized carbons (Fsp3) is 0.571. The van der Waals surface area contributed by atoms with Crippen molar-refractivity contribution in [2.45, 2.75) is 25.9 Å². The van der Waals surface area contributed by atoms with Gasteiger partial charge in [0.05, 0.1) is 12.0 Å². The predicted octanol–water partition coefficient (Wildman–Crippen LogP) is 1.10. The molecular weight excluding hydrogens is 242 g/mol. The van der Waals surface area contributed by atoms with Crippen LogP contribution in [-0.4, -0.2) is 36.1 Å². The fourth-order valence-electron chi connectivity index (χ4n) is 2.44. The van der Waals surface area contributed by atoms with E-state index in [-0.39, 0.29) is 11.8 Å². The first-order valence-electron chi connectivity index (χ1n) is 6.72. The summed E-state index contributed by atoms with van der Waals surface area (Å²) in [5.74, 6) is 1.01. The highest BCUT2D eigenvalue weighted by Crippen LogP contribution is 2.22. The van der Waals surface area contributed by atoms with E-state index in [1.165, 1.54) is 0 Å². The molecule has 1 aromatic rings. The maximum atomic E-state index is 11.7. The maximum absolute atomic E-state index is 11.7. The number of piperidine rings is 1. The van der Waals surface area contributed by atoms with Crippen LogP contribution >= 0.6 is 0 Å². The number of rotatable bonds is 3. The summed E-state index contributed by atoms with van der Waals surface area (Å²) < 4.78 is 0. The summed E-state index contributed by atoms with van der Waals surface area (Å²) in [5, 5.41) is 12.2. The van der Waals surface area contributed by atoms with Gasteiger partial charge in [-0.25, -0.2) is 4.98 Å². The molecule has 0 aromatic carbocycles. The third kappa shape index (κ3) is 3.23. The zero-order chi connectivity index (χ0) is 13.8. The number of nitrogens with zero attached hydrogens (tertiary/aromatic N) is 2. The third-order valence-electron chi connectivity index (χ3n) is 3.62. The first kappa shape index (κ1) is 13.8. The molecule has 1 aromatic heterocycles. The van der Waals surface area contributed by atoms with Crippen molar-refractivity contribution in [1.82, 2.24) is 10.3 Å². The largest absolute Gasteiger partial charge is 0.389 e. The number of carbonyl (C=O) groups is 1. The number of aromatic nitrogens is 1. The van der Waals surface area contributed by atoms with Gasteiger partial charge in [-0.3, -0.25) is 4.79 Å². The van der Waals surface area contributed by atoms with Crippen molar-refractivity contribution in [1.29, 1.82) is 0 Å². The molecule has 1 saturated heterocycles. The summed E-state index contributed by atoms with van der Waals surface area (Å²) in [6, 6.07) is 3.80. The highest BCUT2D eigenvalue weighted by molar-refractivity contribution is 5.79. The highest BCUT2D eigenvalue weighted by atomic mass is 16.3. The third-order valence-corrected chi connectivity index (χ3v) is 3.62. The van der Waals surface area contributed by atoms with Crippen LogP contribution in [0.2, 0.25) is 0 Å². The van der Waals surface area contributed by atoms with Crippen LogP contribution in [0.25, 0.3) is 0 Å². The lowest BCUT2D eigenvalue weighted by Crippen LogP contribution is -2.42. The molecule has 5 heteroatoms. The van der Waals surface area contributed by atoms with E-state index in [0.717, 1.165) is 30.8 Å². The quantitative estimate of drug-likeness (QED) is 0.857. The second-order valence-electron chi connectivity index (χ2n) is 5.03. The van der Waals surface area contributed by atoms with Crippen LogP contribution in [0.4, 0.5) is 5.82 Å². The van der Waals surface area contributed by atoms with Gasteiger partial charge in [0.25, 0.3) is 0 Å². The maximum Gasteiger partial charge on any atom is 0.224 e. The monoisotopic (exact) mass is 263 g/mol. The van der Waals surface area contributed by atoms with E-state index in [9.17, 15) is 9.90 Å². The Morgan fingerprint density at radius 3 is 2.95 bits per heavy atom. The molecule has 0 aliphatic carbocycles. The molecule has 0 spiro atoms. The Hall–Kier alpha value is -1.62. The summed E-state index contributed by atoms with van der Waals surface area (Å²) in [7, 11) is 1.68. The van der Waals surface area contributed by atoms with Crippen molar-refractivity contribution in [2.24, 2.45) is 5.92 Å². The molecule has 1 fully saturated rings. The van der Waals surface area contributed by atoms with Gasteiger partial charge in [-0.1, -0.05) is 6.07 Å². The minimum Gasteiger partial charge on any atom is -0.389 e. The lowest BCUT2D eigenvalue weighted by Gasteiger charge is -2.32. The Bertz CT molecular complexity index is 431. The van der Waals surface area contributed by atoms with Gasteiger partial charge in [-0.05, 0) is 31.4 Å². The Kier molecular flexibility index (Phi) is 4.37. The number of hydrogen-bond donors (Lipinski definition) is 2. The minimum atomic E-state index is -0.499. The highest BCUT2D eigenvalue weighted by Gasteiger charge is 2.25. The second-order valence-corrected chi connectivity index (χ2v) is 5.03. The minimum absolute atomic E-state index is 0.0389. The number of hydrogen-bond acceptors (Lipinski definition) is 4. The predicted molar refractivity (Wildman–Crippen MR) is 73.9 cm³/mol. The molecule has 1 unspecified atom stereocenters. The molecule has 19 heavy (non-hydrogen) atoms. The first-order chi connectivity index (χ1) is 9.11. The number of carbonyl (C=O) groups excluding carboxylic acids is 1. The Labute approximate surface area is 113 Å². The van der Waals surface area contributed by atoms with Crippen LogP contribution in [-0.2, 0) is 4.79 Å². The van der Waals surface area contributed by atoms with Gasteiger partial charge in [0.2, 0.25) is 5.91 Å². The molecule has 0 bridgehead atoms. The molecule has 5 nitrogen and oxygen atoms in total. The fourth-order valence-corrected chi connectivity index (χ4v) is 2.44. The summed E-state index contributed by atoms with van der Waals surface area (Å²) in [4.78, 5) is 18.2. The molecule has 1 amide bonds. The van der Waals surface area contributed by atoms with E-state index in [2.05, 4.69) is 15.2 Å². The van der Waals surface area contributed by atoms with Crippen LogP contribution in [0, 0.1) is 5.92 Å². The van der Waals surface area contributed by atoms with E-state index in [0.29, 0.717) is 6.54 Å². The van der Waals surface area contributed by atoms with Crippen molar-refractivity contribution >= 4 is 11.7 Å². The van der Waals surface area contributed by atoms with Gasteiger partial charge in [0.15, 0.2) is 0 Å². The normalized spacial score (nSPS) is 21.0. The molecular formula is C14H21N3O2. The molecule has 2 atom stereocenters. The number of anilines is 1. The van der Waals surface area contributed by atoms with E-state index < -0.39 is 6.10 Å². The van der Waals surface area contributed by atoms with Crippen molar-refractivity contribution < 1.29 is 9.90 Å². The average Bonchev–Trinajstić information content (AvgIpc) is 2.46. The van der Waals surface area contributed by atoms with Gasteiger partial charge >= 0.3 is 0 Å². The van der Waals surface area contributed by atoms with Gasteiger partial charge in [-0.15, -0.1) is 0 Å².